The van der Waals surface area contributed by atoms with Crippen LogP contribution < -0.4 is 37.2 Å². The van der Waals surface area contributed by atoms with Gasteiger partial charge in [-0.2, -0.15) is 12.2 Å². The maximum Gasteiger partial charge on any atom is 3.00 e. The third-order valence-corrected chi connectivity index (χ3v) is 1.17. The third kappa shape index (κ3) is 15.2. The van der Waals surface area contributed by atoms with Crippen molar-refractivity contribution < 1.29 is 63.4 Å². The molecule has 77 valence electrons. The number of rotatable bonds is 0. The van der Waals surface area contributed by atoms with Crippen LogP contribution in [0.25, 0.3) is 0 Å². The van der Waals surface area contributed by atoms with Crippen molar-refractivity contribution in [3.63, 3.8) is 0 Å². The summed E-state index contributed by atoms with van der Waals surface area (Å²) < 4.78 is 0. The largest absolute Gasteiger partial charge is 3.00 e. The van der Waals surface area contributed by atoms with Gasteiger partial charge in [-0.1, -0.05) is 0 Å². The van der Waals surface area contributed by atoms with Gasteiger partial charge in [-0.25, -0.2) is 24.3 Å². The van der Waals surface area contributed by atoms with Crippen molar-refractivity contribution in [2.75, 3.05) is 0 Å². The Hall–Kier alpha value is 0.713. The maximum atomic E-state index is 2.99. The van der Waals surface area contributed by atoms with E-state index in [9.17, 15) is 0 Å². The minimum atomic E-state index is 0. The summed E-state index contributed by atoms with van der Waals surface area (Å²) in [5.74, 6) is 0. The first-order chi connectivity index (χ1) is 5.00. The van der Waals surface area contributed by atoms with Gasteiger partial charge in [0.15, 0.2) is 0 Å². The minimum absolute atomic E-state index is 0. The topological polar surface area (TPSA) is 0 Å². The van der Waals surface area contributed by atoms with Crippen LogP contribution in [-0.4, -0.2) is 0 Å². The van der Waals surface area contributed by atoms with Gasteiger partial charge in [-0.3, -0.25) is 12.2 Å². The van der Waals surface area contributed by atoms with Crippen molar-refractivity contribution in [1.82, 2.24) is 0 Å². The molecule has 4 heteroatoms. The van der Waals surface area contributed by atoms with Crippen molar-refractivity contribution in [3.8, 4) is 0 Å². The van der Waals surface area contributed by atoms with E-state index in [0.717, 1.165) is 12.8 Å². The quantitative estimate of drug-likeness (QED) is 0.388. The Morgan fingerprint density at radius 3 is 1.14 bits per heavy atom. The van der Waals surface area contributed by atoms with Crippen LogP contribution in [0.3, 0.4) is 0 Å². The van der Waals surface area contributed by atoms with Gasteiger partial charge in [-0.15, -0.1) is 12.8 Å². The number of halogens is 3. The molecule has 0 saturated heterocycles. The van der Waals surface area contributed by atoms with Crippen molar-refractivity contribution in [2.45, 2.75) is 12.8 Å². The van der Waals surface area contributed by atoms with E-state index in [1.807, 2.05) is 24.3 Å². The molecule has 0 atom stereocenters. The molecule has 2 aliphatic rings. The second-order valence-electron chi connectivity index (χ2n) is 2.01. The number of allylic oxidation sites excluding steroid dienone is 8. The average Bonchev–Trinajstić information content (AvgIpc) is 2.67. The van der Waals surface area contributed by atoms with E-state index in [0.29, 0.717) is 0 Å². The van der Waals surface area contributed by atoms with Crippen LogP contribution >= 0.6 is 0 Å². The summed E-state index contributed by atoms with van der Waals surface area (Å²) >= 11 is 0. The van der Waals surface area contributed by atoms with Gasteiger partial charge in [0.1, 0.15) is 0 Å². The SMILES string of the molecule is [C-]1=CC=CC1.[C-]1=CC=CC1.[Cl-].[Cl-].[Cl-].[Zr+3]. The van der Waals surface area contributed by atoms with Gasteiger partial charge in [-0.05, 0) is 0 Å². The monoisotopic (exact) mass is 325 g/mol. The molecule has 0 unspecified atom stereocenters. The van der Waals surface area contributed by atoms with Gasteiger partial charge in [0, 0.05) is 0 Å². The molecule has 0 fully saturated rings. The molecule has 0 aromatic heterocycles. The summed E-state index contributed by atoms with van der Waals surface area (Å²) in [4.78, 5) is 0. The first kappa shape index (κ1) is 24.1. The predicted octanol–water partition coefficient (Wildman–Crippen LogP) is -6.38. The van der Waals surface area contributed by atoms with E-state index in [1.165, 1.54) is 0 Å². The fourth-order valence-electron chi connectivity index (χ4n) is 0.680. The molecule has 2 rings (SSSR count). The van der Waals surface area contributed by atoms with Crippen LogP contribution in [0, 0.1) is 12.2 Å². The Bertz CT molecular complexity index is 154. The Kier molecular flexibility index (Phi) is 33.3. The number of hydrogen-bond acceptors (Lipinski definition) is 0. The second-order valence-corrected chi connectivity index (χ2v) is 2.01. The molecule has 0 heterocycles. The van der Waals surface area contributed by atoms with E-state index in [-0.39, 0.29) is 63.4 Å². The molecule has 0 N–H and O–H groups in total. The smallest absolute Gasteiger partial charge is 1.00 e. The number of hydrogen-bond donors (Lipinski definition) is 0. The molecular weight excluding hydrogens is 318 g/mol. The zero-order valence-electron chi connectivity index (χ0n) is 7.51. The van der Waals surface area contributed by atoms with Crippen LogP contribution in [0.5, 0.6) is 0 Å². The first-order valence-corrected chi connectivity index (χ1v) is 3.43. The fraction of sp³-hybridized carbons (Fsp3) is 0.200. The molecule has 0 aliphatic heterocycles. The minimum Gasteiger partial charge on any atom is -1.00 e. The summed E-state index contributed by atoms with van der Waals surface area (Å²) in [5.41, 5.74) is 0. The summed E-state index contributed by atoms with van der Waals surface area (Å²) in [6.07, 6.45) is 20.0. The maximum absolute atomic E-state index is 2.99. The van der Waals surface area contributed by atoms with Gasteiger partial charge >= 0.3 is 26.2 Å². The normalized spacial score (nSPS) is 12.6. The molecule has 0 nitrogen and oxygen atoms in total. The molecule has 0 aromatic carbocycles. The zero-order chi connectivity index (χ0) is 7.07. The van der Waals surface area contributed by atoms with E-state index in [2.05, 4.69) is 24.3 Å². The van der Waals surface area contributed by atoms with Crippen molar-refractivity contribution >= 4 is 0 Å². The third-order valence-electron chi connectivity index (χ3n) is 1.17. The molecule has 0 aromatic rings. The van der Waals surface area contributed by atoms with E-state index >= 15 is 0 Å². The Morgan fingerprint density at radius 1 is 0.714 bits per heavy atom. The van der Waals surface area contributed by atoms with Crippen LogP contribution in [0.4, 0.5) is 0 Å². The molecule has 0 saturated carbocycles. The fourth-order valence-corrected chi connectivity index (χ4v) is 0.680. The van der Waals surface area contributed by atoms with E-state index < -0.39 is 0 Å². The van der Waals surface area contributed by atoms with E-state index in [4.69, 9.17) is 0 Å². The molecular formula is C10H10Cl3Zr-2. The molecule has 1 radical (unpaired) electrons. The van der Waals surface area contributed by atoms with Crippen LogP contribution in [-0.2, 0) is 26.2 Å². The molecule has 0 bridgehead atoms. The van der Waals surface area contributed by atoms with Gasteiger partial charge < -0.3 is 37.2 Å². The molecule has 0 amide bonds. The average molecular weight is 328 g/mol. The van der Waals surface area contributed by atoms with Crippen molar-refractivity contribution in [1.29, 1.82) is 0 Å². The summed E-state index contributed by atoms with van der Waals surface area (Å²) in [5, 5.41) is 0. The molecule has 2 aliphatic carbocycles. The van der Waals surface area contributed by atoms with Gasteiger partial charge in [0.25, 0.3) is 0 Å². The first-order valence-electron chi connectivity index (χ1n) is 3.43. The van der Waals surface area contributed by atoms with Crippen LogP contribution in [0.15, 0.2) is 36.5 Å². The molecule has 14 heavy (non-hydrogen) atoms. The summed E-state index contributed by atoms with van der Waals surface area (Å²) in [7, 11) is 0. The standard InChI is InChI=1S/2C5H5.3ClH.Zr/c2*1-2-4-5-3-1;;;;/h2*1-3H,4H2;3*1H;/q2*-1;;;;+3/p-3. The zero-order valence-corrected chi connectivity index (χ0v) is 12.2. The summed E-state index contributed by atoms with van der Waals surface area (Å²) in [6, 6.07) is 0. The Balaban J connectivity index is -0.0000000556. The summed E-state index contributed by atoms with van der Waals surface area (Å²) in [6.45, 7) is 0. The van der Waals surface area contributed by atoms with Crippen molar-refractivity contribution in [3.05, 3.63) is 48.6 Å². The second kappa shape index (κ2) is 19.3. The molecule has 0 spiro atoms. The Morgan fingerprint density at radius 2 is 1.07 bits per heavy atom. The van der Waals surface area contributed by atoms with E-state index in [1.54, 1.807) is 0 Å². The Labute approximate surface area is 124 Å². The predicted molar refractivity (Wildman–Crippen MR) is 43.1 cm³/mol. The van der Waals surface area contributed by atoms with Gasteiger partial charge in [0.2, 0.25) is 0 Å². The van der Waals surface area contributed by atoms with Gasteiger partial charge in [0.05, 0.1) is 0 Å². The van der Waals surface area contributed by atoms with Crippen LogP contribution in [0.1, 0.15) is 12.8 Å². The van der Waals surface area contributed by atoms with Crippen molar-refractivity contribution in [2.24, 2.45) is 0 Å². The van der Waals surface area contributed by atoms with Crippen LogP contribution in [0.2, 0.25) is 0 Å².